The molecule has 2 aromatic rings. The summed E-state index contributed by atoms with van der Waals surface area (Å²) < 4.78 is 0. The molecule has 84 valence electrons. The molecule has 2 heteroatoms. The number of para-hydroxylation sites is 1. The summed E-state index contributed by atoms with van der Waals surface area (Å²) in [4.78, 5) is 2.63. The van der Waals surface area contributed by atoms with E-state index < -0.39 is 0 Å². The van der Waals surface area contributed by atoms with Crippen LogP contribution in [0.3, 0.4) is 0 Å². The van der Waals surface area contributed by atoms with Crippen molar-refractivity contribution in [1.82, 2.24) is 0 Å². The Balaban J connectivity index is 2.28. The van der Waals surface area contributed by atoms with Crippen molar-refractivity contribution in [2.75, 3.05) is 0 Å². The van der Waals surface area contributed by atoms with Gasteiger partial charge in [-0.3, -0.25) is 0 Å². The molecule has 0 spiro atoms. The summed E-state index contributed by atoms with van der Waals surface area (Å²) in [6, 6.07) is 10.3. The minimum absolute atomic E-state index is 0.469. The van der Waals surface area contributed by atoms with Crippen LogP contribution in [0.4, 0.5) is 0 Å². The monoisotopic (exact) mass is 232 g/mol. The highest BCUT2D eigenvalue weighted by Gasteiger charge is 2.07. The van der Waals surface area contributed by atoms with Crippen LogP contribution < -0.4 is 0 Å². The summed E-state index contributed by atoms with van der Waals surface area (Å²) >= 11 is 1.79. The smallest absolute Gasteiger partial charge is 0.122 e. The van der Waals surface area contributed by atoms with Crippen LogP contribution in [0, 0.1) is 6.92 Å². The third-order valence-corrected chi connectivity index (χ3v) is 3.75. The van der Waals surface area contributed by atoms with Crippen LogP contribution in [-0.2, 0) is 12.8 Å². The van der Waals surface area contributed by atoms with E-state index in [1.165, 1.54) is 9.75 Å². The van der Waals surface area contributed by atoms with Gasteiger partial charge in [0.05, 0.1) is 0 Å². The second kappa shape index (κ2) is 4.71. The van der Waals surface area contributed by atoms with Crippen molar-refractivity contribution in [1.29, 1.82) is 0 Å². The summed E-state index contributed by atoms with van der Waals surface area (Å²) in [6.07, 6.45) is 1.71. The standard InChI is InChI=1S/C14H16OS/c1-3-11-5-4-6-12(14(11)15)9-13-8-7-10(2)16-13/h4-8,15H,3,9H2,1-2H3. The molecule has 1 N–H and O–H groups in total. The first kappa shape index (κ1) is 11.2. The summed E-state index contributed by atoms with van der Waals surface area (Å²) in [5.74, 6) is 0.469. The van der Waals surface area contributed by atoms with Gasteiger partial charge in [0.15, 0.2) is 0 Å². The zero-order valence-corrected chi connectivity index (χ0v) is 10.5. The van der Waals surface area contributed by atoms with Crippen molar-refractivity contribution in [3.63, 3.8) is 0 Å². The van der Waals surface area contributed by atoms with E-state index in [1.807, 2.05) is 18.2 Å². The molecule has 1 nitrogen and oxygen atoms in total. The van der Waals surface area contributed by atoms with E-state index >= 15 is 0 Å². The van der Waals surface area contributed by atoms with E-state index in [0.29, 0.717) is 5.75 Å². The predicted molar refractivity (Wildman–Crippen MR) is 69.3 cm³/mol. The Labute approximate surface area is 100 Å². The number of aryl methyl sites for hydroxylation is 2. The van der Waals surface area contributed by atoms with Crippen LogP contribution in [0.25, 0.3) is 0 Å². The zero-order valence-electron chi connectivity index (χ0n) is 9.66. The van der Waals surface area contributed by atoms with Gasteiger partial charge in [-0.15, -0.1) is 11.3 Å². The lowest BCUT2D eigenvalue weighted by atomic mass is 10.0. The molecule has 0 radical (unpaired) electrons. The number of hydrogen-bond donors (Lipinski definition) is 1. The summed E-state index contributed by atoms with van der Waals surface area (Å²) in [6.45, 7) is 4.17. The van der Waals surface area contributed by atoms with Crippen molar-refractivity contribution in [3.8, 4) is 5.75 Å². The molecule has 16 heavy (non-hydrogen) atoms. The van der Waals surface area contributed by atoms with Crippen LogP contribution in [0.2, 0.25) is 0 Å². The molecule has 0 aliphatic carbocycles. The zero-order chi connectivity index (χ0) is 11.5. The van der Waals surface area contributed by atoms with Crippen LogP contribution in [0.15, 0.2) is 30.3 Å². The topological polar surface area (TPSA) is 20.2 Å². The number of phenols is 1. The first-order chi connectivity index (χ1) is 7.70. The van der Waals surface area contributed by atoms with E-state index in [4.69, 9.17) is 0 Å². The maximum absolute atomic E-state index is 10.1. The van der Waals surface area contributed by atoms with E-state index in [9.17, 15) is 5.11 Å². The third-order valence-electron chi connectivity index (χ3n) is 2.74. The number of aromatic hydroxyl groups is 1. The van der Waals surface area contributed by atoms with E-state index in [1.54, 1.807) is 11.3 Å². The Morgan fingerprint density at radius 1 is 1.12 bits per heavy atom. The van der Waals surface area contributed by atoms with Gasteiger partial charge in [-0.2, -0.15) is 0 Å². The van der Waals surface area contributed by atoms with E-state index in [-0.39, 0.29) is 0 Å². The molecule has 0 aliphatic rings. The number of benzene rings is 1. The van der Waals surface area contributed by atoms with Crippen molar-refractivity contribution in [2.24, 2.45) is 0 Å². The number of thiophene rings is 1. The van der Waals surface area contributed by atoms with Gasteiger partial charge in [-0.1, -0.05) is 25.1 Å². The van der Waals surface area contributed by atoms with Crippen molar-refractivity contribution < 1.29 is 5.11 Å². The molecule has 1 heterocycles. The first-order valence-corrected chi connectivity index (χ1v) is 6.37. The molecule has 0 saturated heterocycles. The Bertz CT molecular complexity index is 485. The van der Waals surface area contributed by atoms with Crippen LogP contribution in [0.1, 0.15) is 27.8 Å². The van der Waals surface area contributed by atoms with Gasteiger partial charge in [0, 0.05) is 16.2 Å². The quantitative estimate of drug-likeness (QED) is 0.850. The fourth-order valence-corrected chi connectivity index (χ4v) is 2.75. The summed E-state index contributed by atoms with van der Waals surface area (Å²) in [5, 5.41) is 10.1. The lowest BCUT2D eigenvalue weighted by Crippen LogP contribution is -1.90. The van der Waals surface area contributed by atoms with Gasteiger partial charge in [-0.25, -0.2) is 0 Å². The second-order valence-corrected chi connectivity index (χ2v) is 5.34. The van der Waals surface area contributed by atoms with Gasteiger partial charge < -0.3 is 5.11 Å². The van der Waals surface area contributed by atoms with Crippen molar-refractivity contribution in [2.45, 2.75) is 26.7 Å². The molecule has 0 amide bonds. The van der Waals surface area contributed by atoms with Crippen molar-refractivity contribution >= 4 is 11.3 Å². The SMILES string of the molecule is CCc1cccc(Cc2ccc(C)s2)c1O. The fourth-order valence-electron chi connectivity index (χ4n) is 1.84. The average Bonchev–Trinajstić information content (AvgIpc) is 2.67. The molecule has 0 unspecified atom stereocenters. The fraction of sp³-hybridized carbons (Fsp3) is 0.286. The minimum Gasteiger partial charge on any atom is -0.507 e. The lowest BCUT2D eigenvalue weighted by molar-refractivity contribution is 0.463. The Morgan fingerprint density at radius 2 is 1.88 bits per heavy atom. The lowest BCUT2D eigenvalue weighted by Gasteiger charge is -2.07. The van der Waals surface area contributed by atoms with Gasteiger partial charge in [-0.05, 0) is 36.6 Å². The first-order valence-electron chi connectivity index (χ1n) is 5.55. The van der Waals surface area contributed by atoms with Gasteiger partial charge in [0.25, 0.3) is 0 Å². The minimum atomic E-state index is 0.469. The molecule has 0 fully saturated rings. The molecule has 1 aromatic carbocycles. The van der Waals surface area contributed by atoms with Crippen LogP contribution in [0.5, 0.6) is 5.75 Å². The summed E-state index contributed by atoms with van der Waals surface area (Å²) in [7, 11) is 0. The molecular weight excluding hydrogens is 216 g/mol. The Morgan fingerprint density at radius 3 is 2.50 bits per heavy atom. The molecule has 0 aliphatic heterocycles. The molecule has 0 atom stereocenters. The van der Waals surface area contributed by atoms with Gasteiger partial charge in [0.2, 0.25) is 0 Å². The molecule has 0 saturated carbocycles. The van der Waals surface area contributed by atoms with E-state index in [0.717, 1.165) is 24.0 Å². The highest BCUT2D eigenvalue weighted by Crippen LogP contribution is 2.27. The molecule has 1 aromatic heterocycles. The number of rotatable bonds is 3. The third kappa shape index (κ3) is 2.27. The second-order valence-electron chi connectivity index (χ2n) is 3.97. The predicted octanol–water partition coefficient (Wildman–Crippen LogP) is 3.92. The highest BCUT2D eigenvalue weighted by molar-refractivity contribution is 7.11. The van der Waals surface area contributed by atoms with Crippen LogP contribution >= 0.6 is 11.3 Å². The number of phenolic OH excluding ortho intramolecular Hbond substituents is 1. The average molecular weight is 232 g/mol. The maximum atomic E-state index is 10.1. The van der Waals surface area contributed by atoms with E-state index in [2.05, 4.69) is 26.0 Å². The Kier molecular flexibility index (Phi) is 3.30. The molecule has 2 rings (SSSR count). The van der Waals surface area contributed by atoms with Crippen molar-refractivity contribution in [3.05, 3.63) is 51.2 Å². The number of hydrogen-bond acceptors (Lipinski definition) is 2. The maximum Gasteiger partial charge on any atom is 0.122 e. The van der Waals surface area contributed by atoms with Gasteiger partial charge >= 0.3 is 0 Å². The van der Waals surface area contributed by atoms with Gasteiger partial charge in [0.1, 0.15) is 5.75 Å². The largest absolute Gasteiger partial charge is 0.507 e. The van der Waals surface area contributed by atoms with Crippen LogP contribution in [-0.4, -0.2) is 5.11 Å². The molecular formula is C14H16OS. The molecule has 0 bridgehead atoms. The highest BCUT2D eigenvalue weighted by atomic mass is 32.1. The Hall–Kier alpha value is -1.28. The normalized spacial score (nSPS) is 10.6. The summed E-state index contributed by atoms with van der Waals surface area (Å²) in [5.41, 5.74) is 2.06.